The van der Waals surface area contributed by atoms with Gasteiger partial charge in [0.15, 0.2) is 0 Å². The van der Waals surface area contributed by atoms with Gasteiger partial charge in [-0.2, -0.15) is 11.8 Å². The Balaban J connectivity index is 1.94. The Labute approximate surface area is 122 Å². The largest absolute Gasteiger partial charge is 0.497 e. The monoisotopic (exact) mass is 294 g/mol. The number of ether oxygens (including phenoxy) is 1. The predicted molar refractivity (Wildman–Crippen MR) is 78.7 cm³/mol. The van der Waals surface area contributed by atoms with Crippen LogP contribution in [0.15, 0.2) is 28.7 Å². The smallest absolute Gasteiger partial charge is 0.247 e. The molecule has 20 heavy (non-hydrogen) atoms. The van der Waals surface area contributed by atoms with Crippen LogP contribution in [0.3, 0.4) is 0 Å². The number of aliphatic hydroxyl groups is 1. The standard InChI is InChI=1S/C14H18N2O3S/c1-10(7-17)8-20-9-13-15-16-14(19-13)11-3-5-12(18-2)6-4-11/h3-6,10,17H,7-9H2,1-2H3. The number of thioether (sulfide) groups is 1. The Bertz CT molecular complexity index is 527. The average molecular weight is 294 g/mol. The lowest BCUT2D eigenvalue weighted by Crippen LogP contribution is -2.03. The van der Waals surface area contributed by atoms with Crippen LogP contribution in [0.2, 0.25) is 0 Å². The van der Waals surface area contributed by atoms with Gasteiger partial charge in [0.25, 0.3) is 0 Å². The van der Waals surface area contributed by atoms with Crippen molar-refractivity contribution in [1.82, 2.24) is 10.2 Å². The van der Waals surface area contributed by atoms with Crippen LogP contribution < -0.4 is 4.74 Å². The van der Waals surface area contributed by atoms with Crippen LogP contribution in [0.25, 0.3) is 11.5 Å². The molecule has 0 amide bonds. The number of aliphatic hydroxyl groups excluding tert-OH is 1. The van der Waals surface area contributed by atoms with E-state index in [0.29, 0.717) is 17.5 Å². The molecule has 5 nitrogen and oxygen atoms in total. The van der Waals surface area contributed by atoms with Crippen molar-refractivity contribution in [3.63, 3.8) is 0 Å². The zero-order chi connectivity index (χ0) is 14.4. The van der Waals surface area contributed by atoms with E-state index >= 15 is 0 Å². The van der Waals surface area contributed by atoms with Gasteiger partial charge in [0.05, 0.1) is 12.9 Å². The molecule has 2 rings (SSSR count). The zero-order valence-electron chi connectivity index (χ0n) is 11.6. The zero-order valence-corrected chi connectivity index (χ0v) is 12.4. The van der Waals surface area contributed by atoms with Crippen molar-refractivity contribution in [3.05, 3.63) is 30.2 Å². The quantitative estimate of drug-likeness (QED) is 0.846. The molecular weight excluding hydrogens is 276 g/mol. The molecule has 0 aliphatic rings. The Morgan fingerprint density at radius 3 is 2.70 bits per heavy atom. The number of aromatic nitrogens is 2. The van der Waals surface area contributed by atoms with Gasteiger partial charge in [-0.25, -0.2) is 0 Å². The fraction of sp³-hybridized carbons (Fsp3) is 0.429. The molecule has 0 radical (unpaired) electrons. The van der Waals surface area contributed by atoms with Gasteiger partial charge < -0.3 is 14.3 Å². The first-order valence-corrected chi connectivity index (χ1v) is 7.53. The van der Waals surface area contributed by atoms with Crippen LogP contribution in [-0.4, -0.2) is 34.8 Å². The first-order chi connectivity index (χ1) is 9.72. The summed E-state index contributed by atoms with van der Waals surface area (Å²) in [5, 5.41) is 17.0. The number of hydrogen-bond donors (Lipinski definition) is 1. The van der Waals surface area contributed by atoms with Crippen molar-refractivity contribution in [2.75, 3.05) is 19.5 Å². The van der Waals surface area contributed by atoms with Gasteiger partial charge >= 0.3 is 0 Å². The van der Waals surface area contributed by atoms with E-state index in [1.54, 1.807) is 18.9 Å². The van der Waals surface area contributed by atoms with Crippen molar-refractivity contribution >= 4 is 11.8 Å². The van der Waals surface area contributed by atoms with Gasteiger partial charge in [-0.1, -0.05) is 6.92 Å². The lowest BCUT2D eigenvalue weighted by molar-refractivity contribution is 0.250. The Hall–Kier alpha value is -1.53. The number of methoxy groups -OCH3 is 1. The summed E-state index contributed by atoms with van der Waals surface area (Å²) in [5.41, 5.74) is 0.873. The van der Waals surface area contributed by atoms with Crippen molar-refractivity contribution in [2.24, 2.45) is 5.92 Å². The molecule has 0 fully saturated rings. The second-order valence-electron chi connectivity index (χ2n) is 4.53. The maximum Gasteiger partial charge on any atom is 0.247 e. The van der Waals surface area contributed by atoms with E-state index in [0.717, 1.165) is 17.1 Å². The molecule has 0 spiro atoms. The Morgan fingerprint density at radius 2 is 2.05 bits per heavy atom. The van der Waals surface area contributed by atoms with Gasteiger partial charge in [0.1, 0.15) is 5.75 Å². The third kappa shape index (κ3) is 3.98. The number of benzene rings is 1. The SMILES string of the molecule is COc1ccc(-c2nnc(CSCC(C)CO)o2)cc1. The summed E-state index contributed by atoms with van der Waals surface area (Å²) in [7, 11) is 1.63. The summed E-state index contributed by atoms with van der Waals surface area (Å²) in [5.74, 6) is 3.72. The van der Waals surface area contributed by atoms with E-state index in [9.17, 15) is 0 Å². The molecule has 6 heteroatoms. The molecule has 1 heterocycles. The summed E-state index contributed by atoms with van der Waals surface area (Å²) in [4.78, 5) is 0. The van der Waals surface area contributed by atoms with E-state index in [1.807, 2.05) is 31.2 Å². The van der Waals surface area contributed by atoms with Crippen LogP contribution >= 0.6 is 11.8 Å². The highest BCUT2D eigenvalue weighted by molar-refractivity contribution is 7.98. The molecule has 1 aromatic heterocycles. The third-order valence-electron chi connectivity index (χ3n) is 2.74. The minimum Gasteiger partial charge on any atom is -0.497 e. The normalized spacial score (nSPS) is 12.3. The van der Waals surface area contributed by atoms with Gasteiger partial charge in [0.2, 0.25) is 11.8 Å². The molecule has 1 N–H and O–H groups in total. The molecule has 2 aromatic rings. The minimum atomic E-state index is 0.202. The van der Waals surface area contributed by atoms with Gasteiger partial charge in [0, 0.05) is 12.2 Å². The van der Waals surface area contributed by atoms with Crippen LogP contribution in [0.4, 0.5) is 0 Å². The molecule has 0 saturated carbocycles. The molecular formula is C14H18N2O3S. The summed E-state index contributed by atoms with van der Waals surface area (Å²) < 4.78 is 10.7. The maximum absolute atomic E-state index is 8.95. The lowest BCUT2D eigenvalue weighted by atomic mass is 10.2. The second kappa shape index (κ2) is 7.31. The molecule has 0 bridgehead atoms. The van der Waals surface area contributed by atoms with E-state index in [1.165, 1.54) is 0 Å². The molecule has 1 aromatic carbocycles. The van der Waals surface area contributed by atoms with Crippen LogP contribution in [0.5, 0.6) is 5.75 Å². The van der Waals surface area contributed by atoms with Crippen LogP contribution in [0.1, 0.15) is 12.8 Å². The van der Waals surface area contributed by atoms with Gasteiger partial charge in [-0.3, -0.25) is 0 Å². The number of hydrogen-bond acceptors (Lipinski definition) is 6. The first-order valence-electron chi connectivity index (χ1n) is 6.38. The fourth-order valence-corrected chi connectivity index (χ4v) is 2.48. The minimum absolute atomic E-state index is 0.202. The highest BCUT2D eigenvalue weighted by Crippen LogP contribution is 2.22. The van der Waals surface area contributed by atoms with Crippen LogP contribution in [0, 0.1) is 5.92 Å². The topological polar surface area (TPSA) is 68.4 Å². The molecule has 108 valence electrons. The molecule has 1 unspecified atom stereocenters. The van der Waals surface area contributed by atoms with Crippen molar-refractivity contribution in [1.29, 1.82) is 0 Å². The maximum atomic E-state index is 8.95. The predicted octanol–water partition coefficient (Wildman–Crippen LogP) is 2.61. The van der Waals surface area contributed by atoms with Gasteiger partial charge in [-0.05, 0) is 35.9 Å². The summed E-state index contributed by atoms with van der Waals surface area (Å²) in [6.07, 6.45) is 0. The summed E-state index contributed by atoms with van der Waals surface area (Å²) in [6, 6.07) is 7.49. The number of nitrogens with zero attached hydrogens (tertiary/aromatic N) is 2. The second-order valence-corrected chi connectivity index (χ2v) is 5.56. The van der Waals surface area contributed by atoms with E-state index in [4.69, 9.17) is 14.3 Å². The molecule has 1 atom stereocenters. The highest BCUT2D eigenvalue weighted by Gasteiger charge is 2.09. The highest BCUT2D eigenvalue weighted by atomic mass is 32.2. The van der Waals surface area contributed by atoms with E-state index in [2.05, 4.69) is 10.2 Å². The van der Waals surface area contributed by atoms with Crippen molar-refractivity contribution in [3.8, 4) is 17.2 Å². The fourth-order valence-electron chi connectivity index (χ4n) is 1.56. The van der Waals surface area contributed by atoms with E-state index < -0.39 is 0 Å². The van der Waals surface area contributed by atoms with Crippen molar-refractivity contribution in [2.45, 2.75) is 12.7 Å². The molecule has 0 aliphatic carbocycles. The third-order valence-corrected chi connectivity index (χ3v) is 4.00. The van der Waals surface area contributed by atoms with Gasteiger partial charge in [-0.15, -0.1) is 10.2 Å². The molecule has 0 saturated heterocycles. The Kier molecular flexibility index (Phi) is 5.43. The summed E-state index contributed by atoms with van der Waals surface area (Å²) >= 11 is 1.68. The molecule has 0 aliphatic heterocycles. The number of rotatable bonds is 7. The van der Waals surface area contributed by atoms with E-state index in [-0.39, 0.29) is 12.5 Å². The summed E-state index contributed by atoms with van der Waals surface area (Å²) in [6.45, 7) is 2.21. The first kappa shape index (κ1) is 14.9. The van der Waals surface area contributed by atoms with Crippen LogP contribution in [-0.2, 0) is 5.75 Å². The lowest BCUT2D eigenvalue weighted by Gasteiger charge is -2.04. The van der Waals surface area contributed by atoms with Crippen molar-refractivity contribution < 1.29 is 14.3 Å². The Morgan fingerprint density at radius 1 is 1.30 bits per heavy atom. The average Bonchev–Trinajstić information content (AvgIpc) is 2.96.